The van der Waals surface area contributed by atoms with Gasteiger partial charge in [-0.15, -0.1) is 10.2 Å². The third-order valence-corrected chi connectivity index (χ3v) is 4.71. The third kappa shape index (κ3) is 9.85. The summed E-state index contributed by atoms with van der Waals surface area (Å²) in [5.74, 6) is -0.791. The van der Waals surface area contributed by atoms with E-state index in [0.717, 1.165) is 0 Å². The molecule has 2 amide bonds. The molecule has 0 radical (unpaired) electrons. The number of aromatic nitrogens is 4. The molecule has 0 saturated carbocycles. The monoisotopic (exact) mass is 439 g/mol. The summed E-state index contributed by atoms with van der Waals surface area (Å²) in [6.07, 6.45) is 4.62. The number of hydrogen-bond acceptors (Lipinski definition) is 9. The van der Waals surface area contributed by atoms with Crippen LogP contribution in [-0.4, -0.2) is 40.4 Å². The van der Waals surface area contributed by atoms with Crippen LogP contribution in [0.5, 0.6) is 0 Å². The number of primary amides is 1. The van der Waals surface area contributed by atoms with Gasteiger partial charge in [-0.25, -0.2) is 13.6 Å². The quantitative estimate of drug-likeness (QED) is 0.398. The highest BCUT2D eigenvalue weighted by atomic mass is 32.2. The summed E-state index contributed by atoms with van der Waals surface area (Å²) >= 11 is 0.701. The first-order valence-electron chi connectivity index (χ1n) is 7.57. The SMILES string of the molecule is CC(=O)Nc1nnc(S(N)(=O)=O)s1.NC(=O)c1cccnc1.O=c1cccc[nH]1. The predicted molar refractivity (Wildman–Crippen MR) is 105 cm³/mol. The van der Waals surface area contributed by atoms with Crippen LogP contribution in [-0.2, 0) is 14.8 Å². The summed E-state index contributed by atoms with van der Waals surface area (Å²) in [5, 5.41) is 13.8. The highest BCUT2D eigenvalue weighted by Gasteiger charge is 2.15. The van der Waals surface area contributed by atoms with Gasteiger partial charge in [0.05, 0.1) is 5.56 Å². The number of aromatic amines is 1. The Kier molecular flexibility index (Phi) is 9.24. The number of carbonyl (C=O) groups excluding carboxylic acids is 2. The third-order valence-electron chi connectivity index (χ3n) is 2.56. The normalized spacial score (nSPS) is 9.86. The zero-order chi connectivity index (χ0) is 21.9. The molecule has 3 aromatic heterocycles. The van der Waals surface area contributed by atoms with Crippen molar-refractivity contribution in [2.45, 2.75) is 11.3 Å². The largest absolute Gasteiger partial charge is 0.366 e. The van der Waals surface area contributed by atoms with Crippen LogP contribution in [0.25, 0.3) is 0 Å². The second-order valence-corrected chi connectivity index (χ2v) is 7.64. The van der Waals surface area contributed by atoms with Gasteiger partial charge in [-0.05, 0) is 18.2 Å². The van der Waals surface area contributed by atoms with Crippen LogP contribution in [0.4, 0.5) is 5.13 Å². The lowest BCUT2D eigenvalue weighted by Crippen LogP contribution is -2.11. The molecule has 0 atom stereocenters. The number of rotatable bonds is 3. The van der Waals surface area contributed by atoms with Crippen LogP contribution in [0.15, 0.2) is 58.1 Å². The van der Waals surface area contributed by atoms with Crippen LogP contribution >= 0.6 is 11.3 Å². The number of anilines is 1. The zero-order valence-electron chi connectivity index (χ0n) is 15.0. The van der Waals surface area contributed by atoms with Gasteiger partial charge in [0.25, 0.3) is 10.0 Å². The lowest BCUT2D eigenvalue weighted by Gasteiger charge is -1.90. The molecular formula is C15H17N7O5S2. The van der Waals surface area contributed by atoms with Crippen LogP contribution in [0.1, 0.15) is 17.3 Å². The first kappa shape index (κ1) is 23.5. The second kappa shape index (κ2) is 11.4. The Bertz CT molecular complexity index is 1080. The van der Waals surface area contributed by atoms with Gasteiger partial charge in [0.1, 0.15) is 0 Å². The number of H-pyrrole nitrogens is 1. The van der Waals surface area contributed by atoms with Gasteiger partial charge >= 0.3 is 0 Å². The molecule has 154 valence electrons. The number of nitrogens with one attached hydrogen (secondary N) is 2. The van der Waals surface area contributed by atoms with E-state index in [1.54, 1.807) is 36.7 Å². The Morgan fingerprint density at radius 1 is 1.17 bits per heavy atom. The van der Waals surface area contributed by atoms with Crippen molar-refractivity contribution in [3.05, 3.63) is 64.8 Å². The highest BCUT2D eigenvalue weighted by molar-refractivity contribution is 7.91. The standard InChI is InChI=1S/C6H6N2O.C5H5NO.C4H6N4O3S2/c7-6(9)5-2-1-3-8-4-5;7-5-3-1-2-4-6-5;1-2(9)6-3-7-8-4(12-3)13(5,10)11/h1-4H,(H2,7,9);1-4H,(H,6,7);1H3,(H2,5,10,11)(H,6,7,9). The van der Waals surface area contributed by atoms with Gasteiger partial charge in [0.15, 0.2) is 0 Å². The number of carbonyl (C=O) groups is 2. The van der Waals surface area contributed by atoms with Crippen molar-refractivity contribution in [2.24, 2.45) is 10.9 Å². The molecule has 12 nitrogen and oxygen atoms in total. The summed E-state index contributed by atoms with van der Waals surface area (Å²) in [6.45, 7) is 1.28. The fourth-order valence-corrected chi connectivity index (χ4v) is 2.79. The summed E-state index contributed by atoms with van der Waals surface area (Å²) < 4.78 is 21.1. The van der Waals surface area contributed by atoms with E-state index in [1.165, 1.54) is 19.2 Å². The van der Waals surface area contributed by atoms with Gasteiger partial charge in [0.2, 0.25) is 26.8 Å². The number of hydrogen-bond donors (Lipinski definition) is 4. The van der Waals surface area contributed by atoms with Gasteiger partial charge in [0, 0.05) is 31.6 Å². The van der Waals surface area contributed by atoms with Crippen LogP contribution in [0, 0.1) is 0 Å². The van der Waals surface area contributed by atoms with Gasteiger partial charge < -0.3 is 16.0 Å². The minimum atomic E-state index is -3.82. The van der Waals surface area contributed by atoms with E-state index in [2.05, 4.69) is 25.5 Å². The molecule has 3 rings (SSSR count). The number of amides is 2. The summed E-state index contributed by atoms with van der Waals surface area (Å²) in [5.41, 5.74) is 5.32. The topological polar surface area (TPSA) is 204 Å². The zero-order valence-corrected chi connectivity index (χ0v) is 16.6. The Hall–Kier alpha value is -3.49. The molecule has 0 aliphatic rings. The molecule has 0 aliphatic heterocycles. The van der Waals surface area contributed by atoms with Crippen LogP contribution in [0.3, 0.4) is 0 Å². The molecule has 29 heavy (non-hydrogen) atoms. The van der Waals surface area contributed by atoms with Crippen molar-refractivity contribution < 1.29 is 18.0 Å². The average molecular weight is 439 g/mol. The Morgan fingerprint density at radius 3 is 2.24 bits per heavy atom. The van der Waals surface area contributed by atoms with E-state index < -0.39 is 15.9 Å². The molecular weight excluding hydrogens is 422 g/mol. The molecule has 3 heterocycles. The lowest BCUT2D eigenvalue weighted by molar-refractivity contribution is -0.114. The van der Waals surface area contributed by atoms with E-state index in [0.29, 0.717) is 16.9 Å². The number of pyridine rings is 2. The molecule has 0 unspecified atom stereocenters. The number of nitrogens with zero attached hydrogens (tertiary/aromatic N) is 3. The fraction of sp³-hybridized carbons (Fsp3) is 0.0667. The number of primary sulfonamides is 1. The molecule has 0 aromatic carbocycles. The maximum Gasteiger partial charge on any atom is 0.267 e. The van der Waals surface area contributed by atoms with Gasteiger partial charge in [-0.1, -0.05) is 17.4 Å². The molecule has 0 bridgehead atoms. The second-order valence-electron chi connectivity index (χ2n) is 4.93. The summed E-state index contributed by atoms with van der Waals surface area (Å²) in [7, 11) is -3.82. The molecule has 3 aromatic rings. The van der Waals surface area contributed by atoms with Crippen molar-refractivity contribution in [1.82, 2.24) is 20.2 Å². The number of sulfonamides is 1. The summed E-state index contributed by atoms with van der Waals surface area (Å²) in [6, 6.07) is 8.22. The van der Waals surface area contributed by atoms with E-state index in [9.17, 15) is 22.8 Å². The van der Waals surface area contributed by atoms with Gasteiger partial charge in [-0.2, -0.15) is 0 Å². The van der Waals surface area contributed by atoms with Crippen molar-refractivity contribution >= 4 is 38.3 Å². The van der Waals surface area contributed by atoms with Crippen molar-refractivity contribution in [3.8, 4) is 0 Å². The maximum atomic E-state index is 10.7. The first-order valence-corrected chi connectivity index (χ1v) is 9.93. The number of nitrogens with two attached hydrogens (primary N) is 2. The lowest BCUT2D eigenvalue weighted by atomic mass is 10.3. The van der Waals surface area contributed by atoms with Crippen molar-refractivity contribution in [3.63, 3.8) is 0 Å². The highest BCUT2D eigenvalue weighted by Crippen LogP contribution is 2.17. The molecule has 0 aliphatic carbocycles. The first-order chi connectivity index (χ1) is 13.6. The predicted octanol–water partition coefficient (Wildman–Crippen LogP) is -0.301. The Labute approximate surface area is 169 Å². The molecule has 6 N–H and O–H groups in total. The van der Waals surface area contributed by atoms with E-state index in [-0.39, 0.29) is 20.9 Å². The molecule has 0 fully saturated rings. The molecule has 14 heteroatoms. The van der Waals surface area contributed by atoms with E-state index in [1.807, 2.05) is 0 Å². The van der Waals surface area contributed by atoms with Crippen LogP contribution in [0.2, 0.25) is 0 Å². The van der Waals surface area contributed by atoms with Gasteiger partial charge in [-0.3, -0.25) is 19.4 Å². The average Bonchev–Trinajstić information content (AvgIpc) is 3.12. The molecule has 0 saturated heterocycles. The van der Waals surface area contributed by atoms with Crippen molar-refractivity contribution in [2.75, 3.05) is 5.32 Å². The smallest absolute Gasteiger partial charge is 0.267 e. The van der Waals surface area contributed by atoms with Crippen LogP contribution < -0.4 is 21.7 Å². The minimum Gasteiger partial charge on any atom is -0.366 e. The maximum absolute atomic E-state index is 10.7. The van der Waals surface area contributed by atoms with E-state index in [4.69, 9.17) is 10.9 Å². The fourth-order valence-electron chi connectivity index (χ4n) is 1.41. The molecule has 0 spiro atoms. The Morgan fingerprint density at radius 2 is 1.90 bits per heavy atom. The van der Waals surface area contributed by atoms with E-state index >= 15 is 0 Å². The summed E-state index contributed by atoms with van der Waals surface area (Å²) in [4.78, 5) is 37.3. The minimum absolute atomic E-state index is 0.0532. The van der Waals surface area contributed by atoms with Crippen molar-refractivity contribution in [1.29, 1.82) is 0 Å². The Balaban J connectivity index is 0.000000229.